The Morgan fingerprint density at radius 1 is 1.36 bits per heavy atom. The van der Waals surface area contributed by atoms with Gasteiger partial charge in [-0.25, -0.2) is 17.5 Å². The van der Waals surface area contributed by atoms with Gasteiger partial charge in [-0.2, -0.15) is 5.10 Å². The first-order valence-electron chi connectivity index (χ1n) is 6.67. The first-order valence-corrected chi connectivity index (χ1v) is 8.16. The summed E-state index contributed by atoms with van der Waals surface area (Å²) in [6.45, 7) is 0. The van der Waals surface area contributed by atoms with Crippen LogP contribution >= 0.6 is 0 Å². The molecule has 2 aromatic rings. The molecule has 0 spiro atoms. The Labute approximate surface area is 127 Å². The highest BCUT2D eigenvalue weighted by Crippen LogP contribution is 2.47. The fourth-order valence-electron chi connectivity index (χ4n) is 2.37. The van der Waals surface area contributed by atoms with Gasteiger partial charge in [-0.15, -0.1) is 0 Å². The third kappa shape index (κ3) is 2.87. The Morgan fingerprint density at radius 2 is 2.05 bits per heavy atom. The van der Waals surface area contributed by atoms with Crippen LogP contribution in [-0.4, -0.2) is 24.1 Å². The van der Waals surface area contributed by atoms with E-state index in [1.165, 1.54) is 0 Å². The van der Waals surface area contributed by atoms with Crippen LogP contribution in [-0.2, 0) is 21.9 Å². The molecule has 1 fully saturated rings. The highest BCUT2D eigenvalue weighted by molar-refractivity contribution is 7.90. The number of hydrogen-bond acceptors (Lipinski definition) is 4. The van der Waals surface area contributed by atoms with E-state index in [0.29, 0.717) is 6.42 Å². The van der Waals surface area contributed by atoms with E-state index in [4.69, 9.17) is 0 Å². The second-order valence-corrected chi connectivity index (χ2v) is 7.00. The Bertz CT molecular complexity index is 814. The number of carbonyl (C=O) groups excluding carboxylic acids is 1. The summed E-state index contributed by atoms with van der Waals surface area (Å²) >= 11 is 0. The topological polar surface area (TPSA) is 81.1 Å². The van der Waals surface area contributed by atoms with E-state index in [1.54, 1.807) is 17.9 Å². The van der Waals surface area contributed by atoms with Gasteiger partial charge in [0.15, 0.2) is 0 Å². The summed E-state index contributed by atoms with van der Waals surface area (Å²) < 4.78 is 40.6. The number of amides is 1. The number of aryl methyl sites for hydroxylation is 1. The molecular weight excluding hydrogens is 309 g/mol. The molecule has 0 radical (unpaired) electrons. The summed E-state index contributed by atoms with van der Waals surface area (Å²) in [5, 5.41) is 4.03. The lowest BCUT2D eigenvalue weighted by Gasteiger charge is -2.06. The maximum atomic E-state index is 12.8. The van der Waals surface area contributed by atoms with E-state index in [9.17, 15) is 17.6 Å². The van der Waals surface area contributed by atoms with Crippen LogP contribution < -0.4 is 4.72 Å². The quantitative estimate of drug-likeness (QED) is 0.916. The number of carbonyl (C=O) groups is 1. The molecule has 1 amide bonds. The normalized spacial score (nSPS) is 20.6. The van der Waals surface area contributed by atoms with E-state index < -0.39 is 21.7 Å². The Kier molecular flexibility index (Phi) is 3.48. The molecule has 1 aromatic carbocycles. The molecule has 0 saturated heterocycles. The Hall–Kier alpha value is -2.22. The van der Waals surface area contributed by atoms with Gasteiger partial charge in [0.2, 0.25) is 5.91 Å². The minimum atomic E-state index is -3.97. The maximum absolute atomic E-state index is 12.8. The smallest absolute Gasteiger partial charge is 0.264 e. The molecule has 0 aliphatic heterocycles. The second-order valence-electron chi connectivity index (χ2n) is 5.32. The van der Waals surface area contributed by atoms with Crippen LogP contribution in [0.1, 0.15) is 17.9 Å². The number of nitrogens with zero attached hydrogens (tertiary/aromatic N) is 2. The van der Waals surface area contributed by atoms with Gasteiger partial charge in [-0.3, -0.25) is 9.48 Å². The van der Waals surface area contributed by atoms with Gasteiger partial charge in [0.25, 0.3) is 10.0 Å². The van der Waals surface area contributed by atoms with E-state index >= 15 is 0 Å². The predicted octanol–water partition coefficient (Wildman–Crippen LogP) is 1.17. The second kappa shape index (κ2) is 5.20. The molecule has 1 aromatic heterocycles. The van der Waals surface area contributed by atoms with Gasteiger partial charge in [-0.1, -0.05) is 0 Å². The van der Waals surface area contributed by atoms with Gasteiger partial charge in [-0.05, 0) is 42.2 Å². The van der Waals surface area contributed by atoms with Crippen molar-refractivity contribution < 1.29 is 17.6 Å². The molecule has 116 valence electrons. The summed E-state index contributed by atoms with van der Waals surface area (Å²) in [5.41, 5.74) is 0.918. The lowest BCUT2D eigenvalue weighted by molar-refractivity contribution is -0.120. The van der Waals surface area contributed by atoms with Crippen molar-refractivity contribution in [2.75, 3.05) is 0 Å². The van der Waals surface area contributed by atoms with E-state index in [0.717, 1.165) is 29.8 Å². The van der Waals surface area contributed by atoms with Gasteiger partial charge < -0.3 is 0 Å². The highest BCUT2D eigenvalue weighted by atomic mass is 32.2. The van der Waals surface area contributed by atoms with Crippen LogP contribution in [0.15, 0.2) is 41.6 Å². The van der Waals surface area contributed by atoms with Crippen molar-refractivity contribution >= 4 is 15.9 Å². The largest absolute Gasteiger partial charge is 0.276 e. The average Bonchev–Trinajstić information content (AvgIpc) is 3.14. The van der Waals surface area contributed by atoms with Crippen LogP contribution in [0.25, 0.3) is 0 Å². The lowest BCUT2D eigenvalue weighted by Crippen LogP contribution is -2.32. The molecule has 2 atom stereocenters. The molecule has 1 aliphatic carbocycles. The predicted molar refractivity (Wildman–Crippen MR) is 75.8 cm³/mol. The monoisotopic (exact) mass is 323 g/mol. The standard InChI is InChI=1S/C14H14FN3O3S/c1-18-8-9(7-16-18)12-6-13(12)14(19)17-22(20,21)11-4-2-10(15)3-5-11/h2-5,7-8,12-13H,6H2,1H3,(H,17,19)/t12-,13+/m0/s1. The number of hydrogen-bond donors (Lipinski definition) is 1. The highest BCUT2D eigenvalue weighted by Gasteiger charge is 2.45. The zero-order valence-electron chi connectivity index (χ0n) is 11.7. The van der Waals surface area contributed by atoms with Crippen molar-refractivity contribution in [1.82, 2.24) is 14.5 Å². The maximum Gasteiger partial charge on any atom is 0.264 e. The van der Waals surface area contributed by atoms with E-state index in [1.807, 2.05) is 10.9 Å². The molecule has 0 bridgehead atoms. The van der Waals surface area contributed by atoms with Crippen LogP contribution in [0, 0.1) is 11.7 Å². The number of rotatable bonds is 4. The third-order valence-corrected chi connectivity index (χ3v) is 5.00. The molecule has 1 heterocycles. The van der Waals surface area contributed by atoms with Crippen molar-refractivity contribution in [1.29, 1.82) is 0 Å². The molecule has 0 unspecified atom stereocenters. The molecule has 3 rings (SSSR count). The SMILES string of the molecule is Cn1cc([C@@H]2C[C@H]2C(=O)NS(=O)(=O)c2ccc(F)cc2)cn1. The van der Waals surface area contributed by atoms with Crippen LogP contribution in [0.5, 0.6) is 0 Å². The van der Waals surface area contributed by atoms with E-state index in [2.05, 4.69) is 5.10 Å². The molecule has 1 N–H and O–H groups in total. The fraction of sp³-hybridized carbons (Fsp3) is 0.286. The summed E-state index contributed by atoms with van der Waals surface area (Å²) in [6, 6.07) is 4.32. The number of halogens is 1. The van der Waals surface area contributed by atoms with Gasteiger partial charge in [0.1, 0.15) is 5.82 Å². The average molecular weight is 323 g/mol. The van der Waals surface area contributed by atoms with E-state index in [-0.39, 0.29) is 16.7 Å². The third-order valence-electron chi connectivity index (χ3n) is 3.64. The first kappa shape index (κ1) is 14.7. The molecule has 1 aliphatic rings. The number of benzene rings is 1. The van der Waals surface area contributed by atoms with Crippen molar-refractivity contribution in [3.05, 3.63) is 48.0 Å². The first-order chi connectivity index (χ1) is 10.4. The Morgan fingerprint density at radius 3 is 2.64 bits per heavy atom. The van der Waals surface area contributed by atoms with Gasteiger partial charge in [0, 0.05) is 19.2 Å². The van der Waals surface area contributed by atoms with Crippen molar-refractivity contribution in [2.45, 2.75) is 17.2 Å². The summed E-state index contributed by atoms with van der Waals surface area (Å²) in [6.07, 6.45) is 4.08. The van der Waals surface area contributed by atoms with Crippen LogP contribution in [0.2, 0.25) is 0 Å². The van der Waals surface area contributed by atoms with Crippen LogP contribution in [0.4, 0.5) is 4.39 Å². The summed E-state index contributed by atoms with van der Waals surface area (Å²) in [4.78, 5) is 11.9. The summed E-state index contributed by atoms with van der Waals surface area (Å²) in [5.74, 6) is -1.46. The minimum Gasteiger partial charge on any atom is -0.276 e. The minimum absolute atomic E-state index is 0.00267. The molecule has 1 saturated carbocycles. The summed E-state index contributed by atoms with van der Waals surface area (Å²) in [7, 11) is -2.19. The van der Waals surface area contributed by atoms with Crippen molar-refractivity contribution in [3.63, 3.8) is 0 Å². The molecule has 22 heavy (non-hydrogen) atoms. The lowest BCUT2D eigenvalue weighted by atomic mass is 10.2. The van der Waals surface area contributed by atoms with Crippen molar-refractivity contribution in [3.8, 4) is 0 Å². The fourth-order valence-corrected chi connectivity index (χ4v) is 3.39. The zero-order valence-corrected chi connectivity index (χ0v) is 12.5. The van der Waals surface area contributed by atoms with Gasteiger partial charge >= 0.3 is 0 Å². The zero-order chi connectivity index (χ0) is 15.9. The number of nitrogens with one attached hydrogen (secondary N) is 1. The van der Waals surface area contributed by atoms with Gasteiger partial charge in [0.05, 0.1) is 11.1 Å². The number of aromatic nitrogens is 2. The number of sulfonamides is 1. The molecular formula is C14H14FN3O3S. The van der Waals surface area contributed by atoms with Crippen molar-refractivity contribution in [2.24, 2.45) is 13.0 Å². The molecule has 6 nitrogen and oxygen atoms in total. The van der Waals surface area contributed by atoms with Crippen LogP contribution in [0.3, 0.4) is 0 Å². The molecule has 8 heteroatoms. The Balaban J connectivity index is 1.68.